The van der Waals surface area contributed by atoms with Crippen molar-refractivity contribution >= 4 is 61.6 Å². The SMILES string of the molecule is CC(=O)Oc1c(Cl)cc(N(C(C)=O)S(=O)(=O)c2ccc3ccccc3c2)cc1Cl. The van der Waals surface area contributed by atoms with Crippen LogP contribution in [0.15, 0.2) is 59.5 Å². The van der Waals surface area contributed by atoms with E-state index in [0.29, 0.717) is 9.69 Å². The van der Waals surface area contributed by atoms with Crippen molar-refractivity contribution in [1.82, 2.24) is 0 Å². The van der Waals surface area contributed by atoms with Crippen LogP contribution < -0.4 is 9.04 Å². The van der Waals surface area contributed by atoms with Crippen molar-refractivity contribution in [3.05, 3.63) is 64.6 Å². The number of amides is 1. The Morgan fingerprint density at radius 1 is 0.897 bits per heavy atom. The molecule has 3 aromatic carbocycles. The predicted octanol–water partition coefficient (Wildman–Crippen LogP) is 4.81. The highest BCUT2D eigenvalue weighted by molar-refractivity contribution is 7.93. The summed E-state index contributed by atoms with van der Waals surface area (Å²) in [6.07, 6.45) is 0. The molecule has 0 unspecified atom stereocenters. The molecule has 9 heteroatoms. The molecular weight excluding hydrogens is 437 g/mol. The third-order valence-corrected chi connectivity index (χ3v) is 6.37. The van der Waals surface area contributed by atoms with Gasteiger partial charge < -0.3 is 4.74 Å². The lowest BCUT2D eigenvalue weighted by molar-refractivity contribution is -0.131. The zero-order valence-electron chi connectivity index (χ0n) is 15.3. The Balaban J connectivity index is 2.13. The fourth-order valence-electron chi connectivity index (χ4n) is 2.83. The summed E-state index contributed by atoms with van der Waals surface area (Å²) >= 11 is 12.2. The molecule has 0 fully saturated rings. The fraction of sp³-hybridized carbons (Fsp3) is 0.100. The molecule has 0 aliphatic heterocycles. The van der Waals surface area contributed by atoms with Gasteiger partial charge in [0.2, 0.25) is 5.91 Å². The molecule has 0 radical (unpaired) electrons. The van der Waals surface area contributed by atoms with Gasteiger partial charge in [-0.25, -0.2) is 12.7 Å². The normalized spacial score (nSPS) is 11.3. The van der Waals surface area contributed by atoms with Crippen molar-refractivity contribution in [3.8, 4) is 5.75 Å². The van der Waals surface area contributed by atoms with Crippen LogP contribution in [-0.2, 0) is 19.6 Å². The van der Waals surface area contributed by atoms with Crippen molar-refractivity contribution < 1.29 is 22.7 Å². The summed E-state index contributed by atoms with van der Waals surface area (Å²) in [5.74, 6) is -1.52. The second-order valence-corrected chi connectivity index (χ2v) is 8.73. The number of carbonyl (C=O) groups is 2. The zero-order valence-corrected chi connectivity index (χ0v) is 17.7. The molecule has 0 atom stereocenters. The Hall–Kier alpha value is -2.61. The molecule has 0 aliphatic rings. The summed E-state index contributed by atoms with van der Waals surface area (Å²) in [5.41, 5.74) is -0.0726. The molecule has 0 saturated carbocycles. The molecule has 3 rings (SSSR count). The molecule has 0 aliphatic carbocycles. The van der Waals surface area contributed by atoms with Crippen molar-refractivity contribution in [2.45, 2.75) is 18.7 Å². The van der Waals surface area contributed by atoms with Gasteiger partial charge in [-0.15, -0.1) is 0 Å². The number of nitrogens with zero attached hydrogens (tertiary/aromatic N) is 1. The van der Waals surface area contributed by atoms with Crippen molar-refractivity contribution in [1.29, 1.82) is 0 Å². The lowest BCUT2D eigenvalue weighted by atomic mass is 10.1. The summed E-state index contributed by atoms with van der Waals surface area (Å²) in [4.78, 5) is 23.4. The Labute approximate surface area is 177 Å². The highest BCUT2D eigenvalue weighted by atomic mass is 35.5. The summed E-state index contributed by atoms with van der Waals surface area (Å²) in [7, 11) is -4.26. The number of esters is 1. The third kappa shape index (κ3) is 4.22. The lowest BCUT2D eigenvalue weighted by Crippen LogP contribution is -2.35. The van der Waals surface area contributed by atoms with E-state index in [0.717, 1.165) is 12.3 Å². The minimum atomic E-state index is -4.26. The molecule has 1 amide bonds. The Kier molecular flexibility index (Phi) is 5.84. The van der Waals surface area contributed by atoms with E-state index >= 15 is 0 Å². The second-order valence-electron chi connectivity index (χ2n) is 6.13. The van der Waals surface area contributed by atoms with Gasteiger partial charge in [0.1, 0.15) is 0 Å². The van der Waals surface area contributed by atoms with Crippen LogP contribution in [0.4, 0.5) is 5.69 Å². The minimum Gasteiger partial charge on any atom is -0.424 e. The Morgan fingerprint density at radius 3 is 2.03 bits per heavy atom. The van der Waals surface area contributed by atoms with E-state index in [2.05, 4.69) is 0 Å². The zero-order chi connectivity index (χ0) is 21.3. The average Bonchev–Trinajstić information content (AvgIpc) is 2.63. The van der Waals surface area contributed by atoms with Gasteiger partial charge in [-0.3, -0.25) is 9.59 Å². The van der Waals surface area contributed by atoms with E-state index in [1.165, 1.54) is 31.2 Å². The van der Waals surface area contributed by atoms with Gasteiger partial charge >= 0.3 is 5.97 Å². The maximum absolute atomic E-state index is 13.2. The van der Waals surface area contributed by atoms with Gasteiger partial charge in [0.25, 0.3) is 10.0 Å². The molecule has 0 N–H and O–H groups in total. The highest BCUT2D eigenvalue weighted by Gasteiger charge is 2.30. The summed E-state index contributed by atoms with van der Waals surface area (Å²) in [6.45, 7) is 2.28. The van der Waals surface area contributed by atoms with E-state index < -0.39 is 21.9 Å². The van der Waals surface area contributed by atoms with E-state index in [-0.39, 0.29) is 26.4 Å². The van der Waals surface area contributed by atoms with E-state index in [9.17, 15) is 18.0 Å². The molecule has 0 heterocycles. The summed E-state index contributed by atoms with van der Waals surface area (Å²) in [5, 5.41) is 1.35. The van der Waals surface area contributed by atoms with Gasteiger partial charge in [-0.2, -0.15) is 0 Å². The second kappa shape index (κ2) is 8.02. The molecule has 150 valence electrons. The number of ether oxygens (including phenoxy) is 1. The van der Waals surface area contributed by atoms with Gasteiger partial charge in [-0.1, -0.05) is 53.5 Å². The Bertz CT molecular complexity index is 1220. The minimum absolute atomic E-state index is 0.0669. The molecule has 0 spiro atoms. The number of hydrogen-bond donors (Lipinski definition) is 0. The van der Waals surface area contributed by atoms with Crippen LogP contribution >= 0.6 is 23.2 Å². The summed E-state index contributed by atoms with van der Waals surface area (Å²) < 4.78 is 32.0. The first-order valence-electron chi connectivity index (χ1n) is 8.33. The molecule has 0 bridgehead atoms. The van der Waals surface area contributed by atoms with Gasteiger partial charge in [0.05, 0.1) is 20.6 Å². The maximum atomic E-state index is 13.2. The van der Waals surface area contributed by atoms with Crippen LogP contribution in [0.3, 0.4) is 0 Å². The van der Waals surface area contributed by atoms with E-state index in [1.54, 1.807) is 18.2 Å². The highest BCUT2D eigenvalue weighted by Crippen LogP contribution is 2.39. The first-order chi connectivity index (χ1) is 13.6. The number of carbonyl (C=O) groups excluding carboxylic acids is 2. The maximum Gasteiger partial charge on any atom is 0.308 e. The quantitative estimate of drug-likeness (QED) is 0.419. The lowest BCUT2D eigenvalue weighted by Gasteiger charge is -2.22. The number of halogens is 2. The van der Waals surface area contributed by atoms with Crippen LogP contribution in [-0.4, -0.2) is 20.3 Å². The number of sulfonamides is 1. The fourth-order valence-corrected chi connectivity index (χ4v) is 4.83. The first-order valence-corrected chi connectivity index (χ1v) is 10.5. The number of fused-ring (bicyclic) bond motifs is 1. The third-order valence-electron chi connectivity index (χ3n) is 4.01. The molecule has 29 heavy (non-hydrogen) atoms. The topological polar surface area (TPSA) is 80.8 Å². The van der Waals surface area contributed by atoms with Crippen LogP contribution in [0, 0.1) is 0 Å². The van der Waals surface area contributed by atoms with Crippen molar-refractivity contribution in [2.75, 3.05) is 4.31 Å². The smallest absolute Gasteiger partial charge is 0.308 e. The first kappa shape index (κ1) is 21.1. The molecule has 0 saturated heterocycles. The van der Waals surface area contributed by atoms with Crippen LogP contribution in [0.5, 0.6) is 5.75 Å². The number of anilines is 1. The Morgan fingerprint density at radius 2 is 1.48 bits per heavy atom. The molecular formula is C20H15Cl2NO5S. The van der Waals surface area contributed by atoms with Crippen LogP contribution in [0.1, 0.15) is 13.8 Å². The summed E-state index contributed by atoms with van der Waals surface area (Å²) in [6, 6.07) is 14.2. The largest absolute Gasteiger partial charge is 0.424 e. The predicted molar refractivity (Wildman–Crippen MR) is 112 cm³/mol. The van der Waals surface area contributed by atoms with Crippen molar-refractivity contribution in [3.63, 3.8) is 0 Å². The van der Waals surface area contributed by atoms with Crippen molar-refractivity contribution in [2.24, 2.45) is 0 Å². The number of rotatable bonds is 4. The molecule has 6 nitrogen and oxygen atoms in total. The number of hydrogen-bond acceptors (Lipinski definition) is 5. The van der Waals surface area contributed by atoms with Gasteiger partial charge in [0, 0.05) is 13.8 Å². The average molecular weight is 452 g/mol. The monoisotopic (exact) mass is 451 g/mol. The molecule has 3 aromatic rings. The van der Waals surface area contributed by atoms with E-state index in [1.807, 2.05) is 12.1 Å². The molecule has 0 aromatic heterocycles. The van der Waals surface area contributed by atoms with Gasteiger partial charge in [-0.05, 0) is 35.0 Å². The van der Waals surface area contributed by atoms with Crippen LogP contribution in [0.2, 0.25) is 10.0 Å². The number of benzene rings is 3. The van der Waals surface area contributed by atoms with Crippen LogP contribution in [0.25, 0.3) is 10.8 Å². The van der Waals surface area contributed by atoms with E-state index in [4.69, 9.17) is 27.9 Å². The van der Waals surface area contributed by atoms with Gasteiger partial charge in [0.15, 0.2) is 5.75 Å². The standard InChI is InChI=1S/C20H15Cl2NO5S/c1-12(24)23(16-10-18(21)20(19(22)11-16)28-13(2)25)29(26,27)17-8-7-14-5-3-4-6-15(14)9-17/h3-11H,1-2H3.